The molecular formula is C14H22N2O2. The Bertz CT molecular complexity index is 367. The van der Waals surface area contributed by atoms with Gasteiger partial charge in [0.05, 0.1) is 18.6 Å². The molecule has 3 N–H and O–H groups in total. The fourth-order valence-electron chi connectivity index (χ4n) is 1.80. The number of carbonyl (C=O) groups is 1. The summed E-state index contributed by atoms with van der Waals surface area (Å²) in [5, 5.41) is 9.07. The molecule has 0 aromatic heterocycles. The molecule has 0 aliphatic rings. The fraction of sp³-hybridized carbons (Fsp3) is 0.500. The first-order valence-corrected chi connectivity index (χ1v) is 6.21. The van der Waals surface area contributed by atoms with Gasteiger partial charge in [-0.1, -0.05) is 30.3 Å². The van der Waals surface area contributed by atoms with Crippen LogP contribution in [-0.4, -0.2) is 42.2 Å². The maximum atomic E-state index is 12.2. The first kappa shape index (κ1) is 14.7. The summed E-state index contributed by atoms with van der Waals surface area (Å²) in [7, 11) is 1.71. The minimum Gasteiger partial charge on any atom is -0.394 e. The van der Waals surface area contributed by atoms with Crippen LogP contribution in [0.3, 0.4) is 0 Å². The summed E-state index contributed by atoms with van der Waals surface area (Å²) >= 11 is 0. The van der Waals surface area contributed by atoms with Gasteiger partial charge in [-0.15, -0.1) is 0 Å². The van der Waals surface area contributed by atoms with Gasteiger partial charge in [0.15, 0.2) is 0 Å². The van der Waals surface area contributed by atoms with Gasteiger partial charge in [-0.3, -0.25) is 4.79 Å². The number of aliphatic hydroxyl groups excluding tert-OH is 1. The van der Waals surface area contributed by atoms with E-state index in [1.54, 1.807) is 11.9 Å². The van der Waals surface area contributed by atoms with Crippen LogP contribution in [0.5, 0.6) is 0 Å². The van der Waals surface area contributed by atoms with Crippen molar-refractivity contribution in [3.8, 4) is 0 Å². The van der Waals surface area contributed by atoms with E-state index in [-0.39, 0.29) is 24.5 Å². The van der Waals surface area contributed by atoms with Gasteiger partial charge in [0.1, 0.15) is 0 Å². The zero-order chi connectivity index (χ0) is 13.5. The molecule has 2 unspecified atom stereocenters. The van der Waals surface area contributed by atoms with Crippen LogP contribution in [0.25, 0.3) is 0 Å². The molecule has 0 aliphatic carbocycles. The van der Waals surface area contributed by atoms with Crippen molar-refractivity contribution in [3.63, 3.8) is 0 Å². The van der Waals surface area contributed by atoms with E-state index in [0.717, 1.165) is 5.56 Å². The molecule has 0 saturated carbocycles. The van der Waals surface area contributed by atoms with Gasteiger partial charge in [-0.2, -0.15) is 0 Å². The molecule has 4 nitrogen and oxygen atoms in total. The molecule has 0 bridgehead atoms. The van der Waals surface area contributed by atoms with Crippen molar-refractivity contribution in [2.24, 2.45) is 11.7 Å². The molecule has 100 valence electrons. The normalized spacial score (nSPS) is 14.0. The average molecular weight is 250 g/mol. The van der Waals surface area contributed by atoms with Crippen LogP contribution >= 0.6 is 0 Å². The standard InChI is InChI=1S/C14H22N2O2/c1-11(10-17)16(2)14(18)13(9-15)8-12-6-4-3-5-7-12/h3-7,11,13,17H,8-10,15H2,1-2H3. The molecule has 1 aromatic carbocycles. The van der Waals surface area contributed by atoms with Gasteiger partial charge in [-0.25, -0.2) is 0 Å². The van der Waals surface area contributed by atoms with Crippen LogP contribution in [0.4, 0.5) is 0 Å². The molecular weight excluding hydrogens is 228 g/mol. The zero-order valence-electron chi connectivity index (χ0n) is 11.0. The number of aliphatic hydroxyl groups is 1. The highest BCUT2D eigenvalue weighted by Gasteiger charge is 2.23. The number of nitrogens with two attached hydrogens (primary N) is 1. The maximum Gasteiger partial charge on any atom is 0.227 e. The lowest BCUT2D eigenvalue weighted by atomic mass is 9.97. The van der Waals surface area contributed by atoms with Crippen molar-refractivity contribution < 1.29 is 9.90 Å². The fourth-order valence-corrected chi connectivity index (χ4v) is 1.80. The Morgan fingerprint density at radius 1 is 1.39 bits per heavy atom. The topological polar surface area (TPSA) is 66.6 Å². The smallest absolute Gasteiger partial charge is 0.227 e. The Morgan fingerprint density at radius 3 is 2.50 bits per heavy atom. The maximum absolute atomic E-state index is 12.2. The van der Waals surface area contributed by atoms with Crippen molar-refractivity contribution >= 4 is 5.91 Å². The van der Waals surface area contributed by atoms with Gasteiger partial charge in [0.2, 0.25) is 5.91 Å². The predicted molar refractivity (Wildman–Crippen MR) is 72.0 cm³/mol. The lowest BCUT2D eigenvalue weighted by Crippen LogP contribution is -2.43. The molecule has 18 heavy (non-hydrogen) atoms. The SMILES string of the molecule is CC(CO)N(C)C(=O)C(CN)Cc1ccccc1. The Balaban J connectivity index is 2.69. The van der Waals surface area contributed by atoms with Crippen molar-refractivity contribution in [3.05, 3.63) is 35.9 Å². The summed E-state index contributed by atoms with van der Waals surface area (Å²) in [5.41, 5.74) is 6.79. The quantitative estimate of drug-likeness (QED) is 0.779. The van der Waals surface area contributed by atoms with E-state index in [9.17, 15) is 4.79 Å². The van der Waals surface area contributed by atoms with E-state index in [0.29, 0.717) is 13.0 Å². The van der Waals surface area contributed by atoms with Crippen LogP contribution in [0.1, 0.15) is 12.5 Å². The number of likely N-dealkylation sites (N-methyl/N-ethyl adjacent to an activating group) is 1. The van der Waals surface area contributed by atoms with Gasteiger partial charge < -0.3 is 15.7 Å². The van der Waals surface area contributed by atoms with Gasteiger partial charge in [0.25, 0.3) is 0 Å². The summed E-state index contributed by atoms with van der Waals surface area (Å²) in [6.07, 6.45) is 0.638. The Kier molecular flexibility index (Phi) is 5.82. The van der Waals surface area contributed by atoms with Crippen LogP contribution in [0, 0.1) is 5.92 Å². The molecule has 1 amide bonds. The molecule has 1 rings (SSSR count). The van der Waals surface area contributed by atoms with Crippen molar-refractivity contribution in [2.45, 2.75) is 19.4 Å². The Morgan fingerprint density at radius 2 is 2.00 bits per heavy atom. The number of hydrogen-bond acceptors (Lipinski definition) is 3. The molecule has 0 fully saturated rings. The number of benzene rings is 1. The third-order valence-electron chi connectivity index (χ3n) is 3.23. The van der Waals surface area contributed by atoms with Crippen LogP contribution in [0.2, 0.25) is 0 Å². The average Bonchev–Trinajstić information content (AvgIpc) is 2.43. The first-order chi connectivity index (χ1) is 8.60. The van der Waals surface area contributed by atoms with E-state index in [1.807, 2.05) is 37.3 Å². The summed E-state index contributed by atoms with van der Waals surface area (Å²) in [4.78, 5) is 13.8. The van der Waals surface area contributed by atoms with Gasteiger partial charge >= 0.3 is 0 Å². The van der Waals surface area contributed by atoms with Gasteiger partial charge in [0, 0.05) is 13.6 Å². The van der Waals surface area contributed by atoms with Crippen molar-refractivity contribution in [1.29, 1.82) is 0 Å². The monoisotopic (exact) mass is 250 g/mol. The molecule has 4 heteroatoms. The molecule has 0 aliphatic heterocycles. The number of rotatable bonds is 6. The molecule has 0 heterocycles. The van der Waals surface area contributed by atoms with E-state index in [4.69, 9.17) is 10.8 Å². The van der Waals surface area contributed by atoms with E-state index in [2.05, 4.69) is 0 Å². The van der Waals surface area contributed by atoms with Crippen molar-refractivity contribution in [1.82, 2.24) is 4.90 Å². The lowest BCUT2D eigenvalue weighted by molar-refractivity contribution is -0.136. The molecule has 0 radical (unpaired) electrons. The number of amides is 1. The summed E-state index contributed by atoms with van der Waals surface area (Å²) < 4.78 is 0. The Hall–Kier alpha value is -1.39. The highest BCUT2D eigenvalue weighted by Crippen LogP contribution is 2.11. The molecule has 1 aromatic rings. The largest absolute Gasteiger partial charge is 0.394 e. The summed E-state index contributed by atoms with van der Waals surface area (Å²) in [6, 6.07) is 9.66. The van der Waals surface area contributed by atoms with Gasteiger partial charge in [-0.05, 0) is 18.9 Å². The van der Waals surface area contributed by atoms with Crippen LogP contribution < -0.4 is 5.73 Å². The number of nitrogens with zero attached hydrogens (tertiary/aromatic N) is 1. The summed E-state index contributed by atoms with van der Waals surface area (Å²) in [6.45, 7) is 2.09. The molecule has 0 spiro atoms. The second kappa shape index (κ2) is 7.13. The highest BCUT2D eigenvalue weighted by molar-refractivity contribution is 5.79. The molecule has 0 saturated heterocycles. The minimum absolute atomic E-state index is 0.0112. The Labute approximate surface area is 108 Å². The first-order valence-electron chi connectivity index (χ1n) is 6.21. The minimum atomic E-state index is -0.230. The van der Waals surface area contributed by atoms with E-state index in [1.165, 1.54) is 0 Å². The third-order valence-corrected chi connectivity index (χ3v) is 3.23. The molecule has 2 atom stereocenters. The number of hydrogen-bond donors (Lipinski definition) is 2. The third kappa shape index (κ3) is 3.82. The number of carbonyl (C=O) groups excluding carboxylic acids is 1. The van der Waals surface area contributed by atoms with E-state index < -0.39 is 0 Å². The lowest BCUT2D eigenvalue weighted by Gasteiger charge is -2.27. The second-order valence-corrected chi connectivity index (χ2v) is 4.60. The van der Waals surface area contributed by atoms with Crippen molar-refractivity contribution in [2.75, 3.05) is 20.2 Å². The second-order valence-electron chi connectivity index (χ2n) is 4.60. The van der Waals surface area contributed by atoms with Crippen LogP contribution in [0.15, 0.2) is 30.3 Å². The van der Waals surface area contributed by atoms with E-state index >= 15 is 0 Å². The van der Waals surface area contributed by atoms with Crippen LogP contribution in [-0.2, 0) is 11.2 Å². The predicted octanol–water partition coefficient (Wildman–Crippen LogP) is 0.643. The highest BCUT2D eigenvalue weighted by atomic mass is 16.3. The summed E-state index contributed by atoms with van der Waals surface area (Å²) in [5.74, 6) is -0.241. The zero-order valence-corrected chi connectivity index (χ0v) is 11.0.